The van der Waals surface area contributed by atoms with Crippen LogP contribution in [0.15, 0.2) is 41.3 Å². The van der Waals surface area contributed by atoms with E-state index in [1.807, 2.05) is 4.90 Å². The average molecular weight is 492 g/mol. The Labute approximate surface area is 197 Å². The molecule has 0 radical (unpaired) electrons. The highest BCUT2D eigenvalue weighted by atomic mass is 32.2. The number of nitrogens with one attached hydrogen (secondary N) is 1. The zero-order valence-corrected chi connectivity index (χ0v) is 19.6. The standard InChI is InChI=1S/C23H26FN3O6S/c1-32-23(29)16-4-6-19(24)20(14-16)25-22(28)18-15-17(5-7-21(18)26-8-2-3-9-26)34(30,31)27-10-12-33-13-11-27/h4-7,14-15H,2-3,8-13H2,1H3,(H,25,28). The number of amides is 1. The molecule has 0 unspecified atom stereocenters. The number of benzene rings is 2. The lowest BCUT2D eigenvalue weighted by atomic mass is 10.1. The highest BCUT2D eigenvalue weighted by Gasteiger charge is 2.29. The summed E-state index contributed by atoms with van der Waals surface area (Å²) in [5.41, 5.74) is 0.545. The fourth-order valence-electron chi connectivity index (χ4n) is 4.08. The van der Waals surface area contributed by atoms with Crippen molar-refractivity contribution in [2.24, 2.45) is 0 Å². The van der Waals surface area contributed by atoms with Crippen LogP contribution in [0.2, 0.25) is 0 Å². The van der Waals surface area contributed by atoms with Crippen LogP contribution in [0.4, 0.5) is 15.8 Å². The molecule has 2 aromatic carbocycles. The first-order chi connectivity index (χ1) is 16.3. The number of methoxy groups -OCH3 is 1. The van der Waals surface area contributed by atoms with Gasteiger partial charge < -0.3 is 19.7 Å². The van der Waals surface area contributed by atoms with Crippen molar-refractivity contribution in [2.45, 2.75) is 17.7 Å². The smallest absolute Gasteiger partial charge is 0.337 e. The van der Waals surface area contributed by atoms with Gasteiger partial charge in [0.1, 0.15) is 5.82 Å². The molecule has 4 rings (SSSR count). The average Bonchev–Trinajstić information content (AvgIpc) is 3.40. The van der Waals surface area contributed by atoms with Gasteiger partial charge in [-0.3, -0.25) is 4.79 Å². The number of morpholine rings is 1. The molecule has 2 aliphatic heterocycles. The molecule has 0 atom stereocenters. The fraction of sp³-hybridized carbons (Fsp3) is 0.391. The molecule has 2 aliphatic rings. The summed E-state index contributed by atoms with van der Waals surface area (Å²) < 4.78 is 52.0. The van der Waals surface area contributed by atoms with Crippen molar-refractivity contribution in [3.05, 3.63) is 53.3 Å². The molecule has 2 saturated heterocycles. The van der Waals surface area contributed by atoms with E-state index in [0.29, 0.717) is 18.9 Å². The van der Waals surface area contributed by atoms with Crippen LogP contribution in [0.25, 0.3) is 0 Å². The SMILES string of the molecule is COC(=O)c1ccc(F)c(NC(=O)c2cc(S(=O)(=O)N3CCOCC3)ccc2N2CCCC2)c1. The molecule has 2 heterocycles. The van der Waals surface area contributed by atoms with Crippen LogP contribution in [0.3, 0.4) is 0 Å². The number of nitrogens with zero attached hydrogens (tertiary/aromatic N) is 2. The summed E-state index contributed by atoms with van der Waals surface area (Å²) in [5, 5.41) is 2.49. The van der Waals surface area contributed by atoms with Crippen molar-refractivity contribution in [3.8, 4) is 0 Å². The van der Waals surface area contributed by atoms with Crippen LogP contribution in [0, 0.1) is 5.82 Å². The van der Waals surface area contributed by atoms with Crippen LogP contribution in [-0.4, -0.2) is 71.1 Å². The topological polar surface area (TPSA) is 105 Å². The summed E-state index contributed by atoms with van der Waals surface area (Å²) in [6, 6.07) is 7.94. The van der Waals surface area contributed by atoms with Crippen molar-refractivity contribution < 1.29 is 31.9 Å². The van der Waals surface area contributed by atoms with E-state index >= 15 is 0 Å². The van der Waals surface area contributed by atoms with Crippen molar-refractivity contribution in [2.75, 3.05) is 56.7 Å². The van der Waals surface area contributed by atoms with Gasteiger partial charge in [0.25, 0.3) is 5.91 Å². The fourth-order valence-corrected chi connectivity index (χ4v) is 5.52. The lowest BCUT2D eigenvalue weighted by Gasteiger charge is -2.27. The number of ether oxygens (including phenoxy) is 2. The van der Waals surface area contributed by atoms with Gasteiger partial charge in [-0.2, -0.15) is 4.31 Å². The molecular weight excluding hydrogens is 465 g/mol. The van der Waals surface area contributed by atoms with Gasteiger partial charge in [-0.05, 0) is 49.2 Å². The number of carbonyl (C=O) groups excluding carboxylic acids is 2. The Balaban J connectivity index is 1.70. The highest BCUT2D eigenvalue weighted by Crippen LogP contribution is 2.30. The molecule has 2 aromatic rings. The van der Waals surface area contributed by atoms with Gasteiger partial charge in [0.15, 0.2) is 0 Å². The van der Waals surface area contributed by atoms with Gasteiger partial charge in [-0.1, -0.05) is 0 Å². The largest absolute Gasteiger partial charge is 0.465 e. The predicted molar refractivity (Wildman–Crippen MR) is 123 cm³/mol. The monoisotopic (exact) mass is 491 g/mol. The molecule has 0 aromatic heterocycles. The molecule has 0 spiro atoms. The third-order valence-corrected chi connectivity index (χ3v) is 7.80. The summed E-state index contributed by atoms with van der Waals surface area (Å²) in [6.45, 7) is 2.50. The summed E-state index contributed by atoms with van der Waals surface area (Å²) in [5.74, 6) is -2.09. The first-order valence-corrected chi connectivity index (χ1v) is 12.4. The minimum absolute atomic E-state index is 0.0220. The molecule has 0 bridgehead atoms. The van der Waals surface area contributed by atoms with Gasteiger partial charge in [0, 0.05) is 31.9 Å². The van der Waals surface area contributed by atoms with E-state index in [1.54, 1.807) is 6.07 Å². The third-order valence-electron chi connectivity index (χ3n) is 5.90. The summed E-state index contributed by atoms with van der Waals surface area (Å²) in [7, 11) is -2.64. The number of hydrogen-bond acceptors (Lipinski definition) is 7. The van der Waals surface area contributed by atoms with Crippen LogP contribution in [-0.2, 0) is 19.5 Å². The minimum atomic E-state index is -3.84. The van der Waals surface area contributed by atoms with E-state index in [0.717, 1.165) is 32.0 Å². The molecule has 1 amide bonds. The van der Waals surface area contributed by atoms with E-state index in [-0.39, 0.29) is 34.8 Å². The lowest BCUT2D eigenvalue weighted by molar-refractivity contribution is 0.0600. The van der Waals surface area contributed by atoms with E-state index in [4.69, 9.17) is 4.74 Å². The maximum atomic E-state index is 14.4. The first kappa shape index (κ1) is 24.1. The Hall–Kier alpha value is -3.02. The highest BCUT2D eigenvalue weighted by molar-refractivity contribution is 7.89. The number of carbonyl (C=O) groups is 2. The second-order valence-corrected chi connectivity index (χ2v) is 9.97. The zero-order chi connectivity index (χ0) is 24.3. The Kier molecular flexibility index (Phi) is 7.15. The molecule has 2 fully saturated rings. The predicted octanol–water partition coefficient (Wildman–Crippen LogP) is 2.49. The van der Waals surface area contributed by atoms with Crippen molar-refractivity contribution in [3.63, 3.8) is 0 Å². The van der Waals surface area contributed by atoms with E-state index < -0.39 is 27.7 Å². The van der Waals surface area contributed by atoms with Gasteiger partial charge in [0.2, 0.25) is 10.0 Å². The van der Waals surface area contributed by atoms with Crippen molar-refractivity contribution >= 4 is 33.3 Å². The van der Waals surface area contributed by atoms with Crippen LogP contribution in [0.1, 0.15) is 33.6 Å². The zero-order valence-electron chi connectivity index (χ0n) is 18.8. The van der Waals surface area contributed by atoms with Gasteiger partial charge in [0.05, 0.1) is 42.0 Å². The molecule has 9 nitrogen and oxygen atoms in total. The Morgan fingerprint density at radius 1 is 1.03 bits per heavy atom. The normalized spacial score (nSPS) is 16.9. The summed E-state index contributed by atoms with van der Waals surface area (Å²) in [4.78, 5) is 27.1. The molecule has 34 heavy (non-hydrogen) atoms. The Morgan fingerprint density at radius 2 is 1.74 bits per heavy atom. The van der Waals surface area contributed by atoms with Crippen LogP contribution >= 0.6 is 0 Å². The molecule has 1 N–H and O–H groups in total. The van der Waals surface area contributed by atoms with Gasteiger partial charge >= 0.3 is 5.97 Å². The van der Waals surface area contributed by atoms with Crippen molar-refractivity contribution in [1.82, 2.24) is 4.31 Å². The number of sulfonamides is 1. The second-order valence-electron chi connectivity index (χ2n) is 8.03. The molecule has 0 aliphatic carbocycles. The van der Waals surface area contributed by atoms with E-state index in [9.17, 15) is 22.4 Å². The quantitative estimate of drug-likeness (QED) is 0.619. The second kappa shape index (κ2) is 10.1. The number of anilines is 2. The molecular formula is C23H26FN3O6S. The minimum Gasteiger partial charge on any atom is -0.465 e. The summed E-state index contributed by atoms with van der Waals surface area (Å²) in [6.07, 6.45) is 1.90. The van der Waals surface area contributed by atoms with E-state index in [2.05, 4.69) is 10.1 Å². The number of rotatable bonds is 6. The Bertz CT molecular complexity index is 1190. The van der Waals surface area contributed by atoms with Crippen molar-refractivity contribution in [1.29, 1.82) is 0 Å². The van der Waals surface area contributed by atoms with Gasteiger partial charge in [-0.25, -0.2) is 17.6 Å². The van der Waals surface area contributed by atoms with Crippen LogP contribution in [0.5, 0.6) is 0 Å². The van der Waals surface area contributed by atoms with E-state index in [1.165, 1.54) is 35.7 Å². The number of halogens is 1. The summed E-state index contributed by atoms with van der Waals surface area (Å²) >= 11 is 0. The molecule has 0 saturated carbocycles. The number of esters is 1. The number of hydrogen-bond donors (Lipinski definition) is 1. The molecule has 182 valence electrons. The van der Waals surface area contributed by atoms with Gasteiger partial charge in [-0.15, -0.1) is 0 Å². The lowest BCUT2D eigenvalue weighted by Crippen LogP contribution is -2.40. The van der Waals surface area contributed by atoms with Crippen LogP contribution < -0.4 is 10.2 Å². The maximum absolute atomic E-state index is 14.4. The maximum Gasteiger partial charge on any atom is 0.337 e. The first-order valence-electron chi connectivity index (χ1n) is 11.0. The third kappa shape index (κ3) is 4.91. The molecule has 11 heteroatoms. The Morgan fingerprint density at radius 3 is 2.41 bits per heavy atom.